The van der Waals surface area contributed by atoms with Crippen LogP contribution >= 0.6 is 23.2 Å². The fourth-order valence-corrected chi connectivity index (χ4v) is 6.15. The highest BCUT2D eigenvalue weighted by Gasteiger charge is 2.31. The molecule has 6 nitrogen and oxygen atoms in total. The van der Waals surface area contributed by atoms with Crippen LogP contribution in [0.4, 0.5) is 11.4 Å². The van der Waals surface area contributed by atoms with Gasteiger partial charge in [0, 0.05) is 41.9 Å². The number of benzene rings is 3. The Morgan fingerprint density at radius 3 is 2.14 bits per heavy atom. The monoisotopic (exact) mass is 531 g/mol. The topological polar surface area (TPSA) is 60.9 Å². The van der Waals surface area contributed by atoms with Gasteiger partial charge in [0.2, 0.25) is 5.91 Å². The summed E-state index contributed by atoms with van der Waals surface area (Å²) in [6, 6.07) is 18.9. The van der Waals surface area contributed by atoms with E-state index in [-0.39, 0.29) is 17.3 Å². The molecule has 1 saturated heterocycles. The van der Waals surface area contributed by atoms with Crippen LogP contribution in [0, 0.1) is 13.8 Å². The van der Waals surface area contributed by atoms with E-state index in [2.05, 4.69) is 4.90 Å². The van der Waals surface area contributed by atoms with E-state index in [1.54, 1.807) is 48.2 Å². The van der Waals surface area contributed by atoms with E-state index in [1.807, 2.05) is 25.1 Å². The van der Waals surface area contributed by atoms with E-state index in [1.165, 1.54) is 16.4 Å². The summed E-state index contributed by atoms with van der Waals surface area (Å²) < 4.78 is 28.4. The Bertz CT molecular complexity index is 1320. The zero-order valence-corrected chi connectivity index (χ0v) is 21.9. The van der Waals surface area contributed by atoms with E-state index in [0.29, 0.717) is 47.5 Å². The lowest BCUT2D eigenvalue weighted by Gasteiger charge is -2.38. The molecular formula is C26H27Cl2N3O3S. The SMILES string of the molecule is Cc1ccc(Cl)cc1N1CCN(C(=O)CN(c2ccc(Cl)cc2C)S(=O)(=O)c2ccccc2)CC1. The molecular weight excluding hydrogens is 505 g/mol. The van der Waals surface area contributed by atoms with Gasteiger partial charge in [-0.05, 0) is 67.4 Å². The van der Waals surface area contributed by atoms with Crippen LogP contribution in [0.1, 0.15) is 11.1 Å². The maximum Gasteiger partial charge on any atom is 0.264 e. The lowest BCUT2D eigenvalue weighted by Crippen LogP contribution is -2.52. The Labute approximate surface area is 216 Å². The molecule has 1 aliphatic heterocycles. The number of amides is 1. The Hall–Kier alpha value is -2.74. The minimum absolute atomic E-state index is 0.128. The standard InChI is InChI=1S/C26H27Cl2N3O3S/c1-19-8-9-22(28)17-25(19)29-12-14-30(15-13-29)26(32)18-31(24-11-10-21(27)16-20(24)2)35(33,34)23-6-4-3-5-7-23/h3-11,16-17H,12-15,18H2,1-2H3. The molecule has 0 aliphatic carbocycles. The van der Waals surface area contributed by atoms with E-state index in [4.69, 9.17) is 23.2 Å². The lowest BCUT2D eigenvalue weighted by molar-refractivity contribution is -0.129. The second-order valence-electron chi connectivity index (χ2n) is 8.55. The highest BCUT2D eigenvalue weighted by Crippen LogP contribution is 2.30. The Balaban J connectivity index is 1.56. The van der Waals surface area contributed by atoms with Crippen LogP contribution in [-0.2, 0) is 14.8 Å². The number of piperazine rings is 1. The number of carbonyl (C=O) groups excluding carboxylic acids is 1. The molecule has 9 heteroatoms. The van der Waals surface area contributed by atoms with Gasteiger partial charge in [0.05, 0.1) is 10.6 Å². The third kappa shape index (κ3) is 5.58. The van der Waals surface area contributed by atoms with E-state index in [0.717, 1.165) is 11.3 Å². The van der Waals surface area contributed by atoms with E-state index < -0.39 is 10.0 Å². The van der Waals surface area contributed by atoms with Gasteiger partial charge < -0.3 is 9.80 Å². The Morgan fingerprint density at radius 2 is 1.49 bits per heavy atom. The van der Waals surface area contributed by atoms with Gasteiger partial charge in [0.15, 0.2) is 0 Å². The van der Waals surface area contributed by atoms with Crippen LogP contribution in [0.5, 0.6) is 0 Å². The molecule has 184 valence electrons. The number of rotatable bonds is 6. The molecule has 3 aromatic carbocycles. The van der Waals surface area contributed by atoms with Crippen molar-refractivity contribution in [1.29, 1.82) is 0 Å². The number of halogens is 2. The van der Waals surface area contributed by atoms with Crippen molar-refractivity contribution in [3.63, 3.8) is 0 Å². The zero-order chi connectivity index (χ0) is 25.2. The van der Waals surface area contributed by atoms with Crippen LogP contribution in [0.3, 0.4) is 0 Å². The third-order valence-corrected chi connectivity index (χ3v) is 8.43. The van der Waals surface area contributed by atoms with Crippen LogP contribution in [-0.4, -0.2) is 51.9 Å². The molecule has 1 amide bonds. The lowest BCUT2D eigenvalue weighted by atomic mass is 10.1. The molecule has 0 radical (unpaired) electrons. The molecule has 1 fully saturated rings. The quantitative estimate of drug-likeness (QED) is 0.441. The van der Waals surface area contributed by atoms with Gasteiger partial charge in [-0.1, -0.05) is 47.5 Å². The summed E-state index contributed by atoms with van der Waals surface area (Å²) in [4.78, 5) is 17.4. The fraction of sp³-hybridized carbons (Fsp3) is 0.269. The normalized spacial score (nSPS) is 14.2. The second-order valence-corrected chi connectivity index (χ2v) is 11.3. The summed E-state index contributed by atoms with van der Waals surface area (Å²) >= 11 is 12.3. The Morgan fingerprint density at radius 1 is 0.857 bits per heavy atom. The predicted octanol–water partition coefficient (Wildman–Crippen LogP) is 5.15. The summed E-state index contributed by atoms with van der Waals surface area (Å²) in [5, 5.41) is 1.17. The largest absolute Gasteiger partial charge is 0.368 e. The molecule has 35 heavy (non-hydrogen) atoms. The molecule has 0 N–H and O–H groups in total. The maximum absolute atomic E-state index is 13.6. The number of sulfonamides is 1. The first-order chi connectivity index (χ1) is 16.7. The Kier molecular flexibility index (Phi) is 7.59. The first kappa shape index (κ1) is 25.4. The molecule has 1 heterocycles. The predicted molar refractivity (Wildman–Crippen MR) is 142 cm³/mol. The van der Waals surface area contributed by atoms with Crippen LogP contribution < -0.4 is 9.21 Å². The van der Waals surface area contributed by atoms with Gasteiger partial charge in [0.1, 0.15) is 6.54 Å². The molecule has 0 bridgehead atoms. The van der Waals surface area contributed by atoms with Gasteiger partial charge in [-0.25, -0.2) is 8.42 Å². The van der Waals surface area contributed by atoms with Crippen molar-refractivity contribution >= 4 is 50.5 Å². The van der Waals surface area contributed by atoms with Gasteiger partial charge in [-0.15, -0.1) is 0 Å². The molecule has 0 saturated carbocycles. The zero-order valence-electron chi connectivity index (χ0n) is 19.6. The molecule has 0 unspecified atom stereocenters. The van der Waals surface area contributed by atoms with Crippen molar-refractivity contribution in [2.75, 3.05) is 41.9 Å². The number of hydrogen-bond acceptors (Lipinski definition) is 4. The average molecular weight is 532 g/mol. The number of aryl methyl sites for hydroxylation is 2. The maximum atomic E-state index is 13.6. The highest BCUT2D eigenvalue weighted by molar-refractivity contribution is 7.92. The third-order valence-electron chi connectivity index (χ3n) is 6.18. The van der Waals surface area contributed by atoms with Crippen molar-refractivity contribution in [2.45, 2.75) is 18.7 Å². The molecule has 0 spiro atoms. The number of hydrogen-bond donors (Lipinski definition) is 0. The van der Waals surface area contributed by atoms with Crippen molar-refractivity contribution in [2.24, 2.45) is 0 Å². The van der Waals surface area contributed by atoms with Crippen molar-refractivity contribution in [3.8, 4) is 0 Å². The van der Waals surface area contributed by atoms with Gasteiger partial charge in [-0.3, -0.25) is 9.10 Å². The number of carbonyl (C=O) groups is 1. The van der Waals surface area contributed by atoms with Crippen LogP contribution in [0.2, 0.25) is 10.0 Å². The van der Waals surface area contributed by atoms with Gasteiger partial charge in [-0.2, -0.15) is 0 Å². The molecule has 1 aliphatic rings. The minimum atomic E-state index is -3.97. The average Bonchev–Trinajstić information content (AvgIpc) is 2.85. The fourth-order valence-electron chi connectivity index (χ4n) is 4.26. The summed E-state index contributed by atoms with van der Waals surface area (Å²) in [7, 11) is -3.97. The van der Waals surface area contributed by atoms with E-state index in [9.17, 15) is 13.2 Å². The molecule has 3 aromatic rings. The minimum Gasteiger partial charge on any atom is -0.368 e. The van der Waals surface area contributed by atoms with Crippen molar-refractivity contribution in [1.82, 2.24) is 4.90 Å². The summed E-state index contributed by atoms with van der Waals surface area (Å²) in [6.45, 7) is 5.77. The molecule has 0 aromatic heterocycles. The van der Waals surface area contributed by atoms with Crippen LogP contribution in [0.15, 0.2) is 71.6 Å². The van der Waals surface area contributed by atoms with Crippen LogP contribution in [0.25, 0.3) is 0 Å². The first-order valence-electron chi connectivity index (χ1n) is 11.3. The smallest absolute Gasteiger partial charge is 0.264 e. The second kappa shape index (κ2) is 10.5. The molecule has 0 atom stereocenters. The molecule has 4 rings (SSSR count). The number of anilines is 2. The van der Waals surface area contributed by atoms with Crippen molar-refractivity contribution in [3.05, 3.63) is 87.9 Å². The first-order valence-corrected chi connectivity index (χ1v) is 13.5. The van der Waals surface area contributed by atoms with E-state index >= 15 is 0 Å². The summed E-state index contributed by atoms with van der Waals surface area (Å²) in [5.74, 6) is -0.249. The van der Waals surface area contributed by atoms with Gasteiger partial charge >= 0.3 is 0 Å². The highest BCUT2D eigenvalue weighted by atomic mass is 35.5. The van der Waals surface area contributed by atoms with Crippen molar-refractivity contribution < 1.29 is 13.2 Å². The van der Waals surface area contributed by atoms with Gasteiger partial charge in [0.25, 0.3) is 10.0 Å². The summed E-state index contributed by atoms with van der Waals surface area (Å²) in [5.41, 5.74) is 3.27. The number of nitrogens with zero attached hydrogens (tertiary/aromatic N) is 3. The summed E-state index contributed by atoms with van der Waals surface area (Å²) in [6.07, 6.45) is 0.